The van der Waals surface area contributed by atoms with Crippen LogP contribution in [-0.2, 0) is 9.53 Å². The third-order valence-corrected chi connectivity index (χ3v) is 5.15. The summed E-state index contributed by atoms with van der Waals surface area (Å²) in [7, 11) is 0. The van der Waals surface area contributed by atoms with Gasteiger partial charge in [0.2, 0.25) is 5.88 Å². The molecule has 26 heavy (non-hydrogen) atoms. The lowest BCUT2D eigenvalue weighted by molar-refractivity contribution is -0.139. The Hall–Kier alpha value is -2.15. The quantitative estimate of drug-likeness (QED) is 0.807. The minimum absolute atomic E-state index is 0.112. The van der Waals surface area contributed by atoms with E-state index in [9.17, 15) is 14.7 Å². The Kier molecular flexibility index (Phi) is 6.08. The van der Waals surface area contributed by atoms with Crippen LogP contribution < -0.4 is 10.1 Å². The second-order valence-corrected chi connectivity index (χ2v) is 7.18. The van der Waals surface area contributed by atoms with Gasteiger partial charge in [0, 0.05) is 31.0 Å². The van der Waals surface area contributed by atoms with E-state index >= 15 is 0 Å². The van der Waals surface area contributed by atoms with E-state index in [1.807, 2.05) is 0 Å². The van der Waals surface area contributed by atoms with Gasteiger partial charge in [-0.1, -0.05) is 6.42 Å². The number of aliphatic carboxylic acids is 1. The number of carbonyl (C=O) groups is 2. The third-order valence-electron chi connectivity index (χ3n) is 5.15. The van der Waals surface area contributed by atoms with Gasteiger partial charge in [0.15, 0.2) is 0 Å². The van der Waals surface area contributed by atoms with E-state index in [0.29, 0.717) is 37.5 Å². The second kappa shape index (κ2) is 8.49. The van der Waals surface area contributed by atoms with Gasteiger partial charge in [-0.25, -0.2) is 4.98 Å². The third kappa shape index (κ3) is 4.94. The molecule has 2 fully saturated rings. The van der Waals surface area contributed by atoms with Gasteiger partial charge in [0.05, 0.1) is 12.0 Å². The van der Waals surface area contributed by atoms with Gasteiger partial charge in [0.1, 0.15) is 6.10 Å². The van der Waals surface area contributed by atoms with E-state index in [2.05, 4.69) is 10.3 Å². The van der Waals surface area contributed by atoms with Crippen molar-refractivity contribution in [1.82, 2.24) is 10.3 Å². The van der Waals surface area contributed by atoms with Crippen LogP contribution >= 0.6 is 0 Å². The molecule has 1 aromatic rings. The van der Waals surface area contributed by atoms with Crippen LogP contribution in [0, 0.1) is 0 Å². The Morgan fingerprint density at radius 1 is 1.27 bits per heavy atom. The molecular formula is C19H26N2O5. The van der Waals surface area contributed by atoms with Crippen molar-refractivity contribution in [2.24, 2.45) is 0 Å². The molecule has 1 saturated carbocycles. The molecular weight excluding hydrogens is 336 g/mol. The number of nitrogens with zero attached hydrogens (tertiary/aromatic N) is 1. The molecule has 1 aromatic heterocycles. The zero-order chi connectivity index (χ0) is 18.4. The summed E-state index contributed by atoms with van der Waals surface area (Å²) in [5.41, 5.74) is -0.337. The summed E-state index contributed by atoms with van der Waals surface area (Å²) in [4.78, 5) is 28.2. The number of carboxylic acid groups (broad SMARTS) is 1. The number of hydrogen-bond donors (Lipinski definition) is 2. The van der Waals surface area contributed by atoms with Gasteiger partial charge in [-0.05, 0) is 44.6 Å². The molecule has 0 unspecified atom stereocenters. The summed E-state index contributed by atoms with van der Waals surface area (Å²) in [5.74, 6) is -0.781. The monoisotopic (exact) mass is 362 g/mol. The van der Waals surface area contributed by atoms with Gasteiger partial charge in [-0.15, -0.1) is 0 Å². The molecule has 2 aliphatic rings. The topological polar surface area (TPSA) is 97.8 Å². The highest BCUT2D eigenvalue weighted by Crippen LogP contribution is 2.26. The second-order valence-electron chi connectivity index (χ2n) is 7.18. The number of rotatable bonds is 6. The molecule has 7 heteroatoms. The Morgan fingerprint density at radius 3 is 2.69 bits per heavy atom. The average molecular weight is 362 g/mol. The summed E-state index contributed by atoms with van der Waals surface area (Å²) in [6.07, 6.45) is 8.16. The standard InChI is InChI=1S/C19H26N2O5/c22-17(23)13-19(7-10-25-11-8-19)21-18(24)14-6-9-20-16(12-14)26-15-4-2-1-3-5-15/h6,9,12,15H,1-5,7-8,10-11,13H2,(H,21,24)(H,22,23). The van der Waals surface area contributed by atoms with Crippen molar-refractivity contribution in [2.75, 3.05) is 13.2 Å². The minimum Gasteiger partial charge on any atom is -0.481 e. The van der Waals surface area contributed by atoms with E-state index in [4.69, 9.17) is 9.47 Å². The van der Waals surface area contributed by atoms with E-state index in [1.165, 1.54) is 6.42 Å². The van der Waals surface area contributed by atoms with Gasteiger partial charge < -0.3 is 19.9 Å². The molecule has 3 rings (SSSR count). The lowest BCUT2D eigenvalue weighted by atomic mass is 9.86. The van der Waals surface area contributed by atoms with Crippen LogP contribution in [0.5, 0.6) is 5.88 Å². The molecule has 142 valence electrons. The highest BCUT2D eigenvalue weighted by molar-refractivity contribution is 5.95. The Balaban J connectivity index is 1.68. The number of ether oxygens (including phenoxy) is 2. The van der Waals surface area contributed by atoms with Gasteiger partial charge in [-0.2, -0.15) is 0 Å². The maximum Gasteiger partial charge on any atom is 0.305 e. The fourth-order valence-electron chi connectivity index (χ4n) is 3.68. The SMILES string of the molecule is O=C(O)CC1(NC(=O)c2ccnc(OC3CCCCC3)c2)CCOCC1. The molecule has 0 atom stereocenters. The predicted molar refractivity (Wildman–Crippen MR) is 94.2 cm³/mol. The number of carboxylic acids is 1. The normalized spacial score (nSPS) is 20.3. The van der Waals surface area contributed by atoms with Crippen LogP contribution in [0.2, 0.25) is 0 Å². The Bertz CT molecular complexity index is 637. The first-order valence-corrected chi connectivity index (χ1v) is 9.31. The molecule has 7 nitrogen and oxygen atoms in total. The van der Waals surface area contributed by atoms with Crippen molar-refractivity contribution >= 4 is 11.9 Å². The highest BCUT2D eigenvalue weighted by atomic mass is 16.5. The molecule has 0 radical (unpaired) electrons. The zero-order valence-corrected chi connectivity index (χ0v) is 14.9. The lowest BCUT2D eigenvalue weighted by Crippen LogP contribution is -2.53. The Morgan fingerprint density at radius 2 is 2.00 bits per heavy atom. The number of hydrogen-bond acceptors (Lipinski definition) is 5. The number of amides is 1. The molecule has 1 aliphatic carbocycles. The van der Waals surface area contributed by atoms with Crippen molar-refractivity contribution in [3.05, 3.63) is 23.9 Å². The van der Waals surface area contributed by atoms with Crippen LogP contribution in [0.3, 0.4) is 0 Å². The van der Waals surface area contributed by atoms with E-state index in [-0.39, 0.29) is 18.4 Å². The molecule has 1 aliphatic heterocycles. The van der Waals surface area contributed by atoms with Crippen LogP contribution in [-0.4, -0.2) is 46.8 Å². The molecule has 0 aromatic carbocycles. The number of aromatic nitrogens is 1. The average Bonchev–Trinajstić information content (AvgIpc) is 2.63. The first-order chi connectivity index (χ1) is 12.6. The number of nitrogens with one attached hydrogen (secondary N) is 1. The summed E-state index contributed by atoms with van der Waals surface area (Å²) >= 11 is 0. The smallest absolute Gasteiger partial charge is 0.305 e. The van der Waals surface area contributed by atoms with Crippen LogP contribution in [0.25, 0.3) is 0 Å². The Labute approximate surface area is 153 Å². The number of carbonyl (C=O) groups excluding carboxylic acids is 1. The van der Waals surface area contributed by atoms with E-state index in [0.717, 1.165) is 25.7 Å². The zero-order valence-electron chi connectivity index (χ0n) is 14.9. The molecule has 0 bridgehead atoms. The van der Waals surface area contributed by atoms with Gasteiger partial charge in [-0.3, -0.25) is 9.59 Å². The molecule has 1 amide bonds. The summed E-state index contributed by atoms with van der Waals surface area (Å²) in [6, 6.07) is 3.26. The maximum absolute atomic E-state index is 12.7. The van der Waals surface area contributed by atoms with Crippen molar-refractivity contribution in [1.29, 1.82) is 0 Å². The fourth-order valence-corrected chi connectivity index (χ4v) is 3.68. The van der Waals surface area contributed by atoms with Crippen LogP contribution in [0.1, 0.15) is 61.7 Å². The van der Waals surface area contributed by atoms with E-state index in [1.54, 1.807) is 18.3 Å². The highest BCUT2D eigenvalue weighted by Gasteiger charge is 2.36. The first kappa shape index (κ1) is 18.6. The molecule has 0 spiro atoms. The van der Waals surface area contributed by atoms with Gasteiger partial charge in [0.25, 0.3) is 5.91 Å². The van der Waals surface area contributed by atoms with Crippen molar-refractivity contribution < 1.29 is 24.2 Å². The summed E-state index contributed by atoms with van der Waals surface area (Å²) in [6.45, 7) is 0.889. The van der Waals surface area contributed by atoms with Crippen molar-refractivity contribution in [3.63, 3.8) is 0 Å². The fraction of sp³-hybridized carbons (Fsp3) is 0.632. The van der Waals surface area contributed by atoms with Crippen molar-refractivity contribution in [2.45, 2.75) is 63.0 Å². The van der Waals surface area contributed by atoms with Crippen LogP contribution in [0.15, 0.2) is 18.3 Å². The minimum atomic E-state index is -0.928. The molecule has 2 heterocycles. The lowest BCUT2D eigenvalue weighted by Gasteiger charge is -2.36. The van der Waals surface area contributed by atoms with E-state index < -0.39 is 11.5 Å². The van der Waals surface area contributed by atoms with Crippen molar-refractivity contribution in [3.8, 4) is 5.88 Å². The molecule has 1 saturated heterocycles. The first-order valence-electron chi connectivity index (χ1n) is 9.31. The maximum atomic E-state index is 12.7. The molecule has 2 N–H and O–H groups in total. The number of pyridine rings is 1. The predicted octanol–water partition coefficient (Wildman–Crippen LogP) is 2.55. The summed E-state index contributed by atoms with van der Waals surface area (Å²) in [5, 5.41) is 12.1. The van der Waals surface area contributed by atoms with Gasteiger partial charge >= 0.3 is 5.97 Å². The van der Waals surface area contributed by atoms with Crippen LogP contribution in [0.4, 0.5) is 0 Å². The largest absolute Gasteiger partial charge is 0.481 e. The summed E-state index contributed by atoms with van der Waals surface area (Å²) < 4.78 is 11.2.